The van der Waals surface area contributed by atoms with Gasteiger partial charge >= 0.3 is 0 Å². The van der Waals surface area contributed by atoms with Gasteiger partial charge in [-0.15, -0.1) is 0 Å². The Labute approximate surface area is 126 Å². The summed E-state index contributed by atoms with van der Waals surface area (Å²) in [4.78, 5) is 0.314. The van der Waals surface area contributed by atoms with E-state index in [1.54, 1.807) is 30.3 Å². The number of rotatable bonds is 5. The molecule has 1 aliphatic rings. The van der Waals surface area contributed by atoms with E-state index in [1.807, 2.05) is 26.8 Å². The standard InChI is InChI=1S/C16H22O4S/c1-12(2)19-16-10-13(3)9-14(20-16)11-21(17,18)15-7-5-4-6-8-15/h4-9,12-13,16H,10-11H2,1-3H3/t13-,16+/m0/s1. The molecule has 116 valence electrons. The van der Waals surface area contributed by atoms with Crippen LogP contribution >= 0.6 is 0 Å². The van der Waals surface area contributed by atoms with Crippen LogP contribution in [0.5, 0.6) is 0 Å². The van der Waals surface area contributed by atoms with Crippen LogP contribution in [-0.4, -0.2) is 26.6 Å². The number of hydrogen-bond donors (Lipinski definition) is 0. The smallest absolute Gasteiger partial charge is 0.200 e. The van der Waals surface area contributed by atoms with E-state index in [2.05, 4.69) is 0 Å². The third kappa shape index (κ3) is 4.58. The Bertz CT molecular complexity index is 590. The van der Waals surface area contributed by atoms with E-state index in [4.69, 9.17) is 9.47 Å². The van der Waals surface area contributed by atoms with Crippen LogP contribution in [0, 0.1) is 5.92 Å². The zero-order valence-electron chi connectivity index (χ0n) is 12.7. The molecule has 1 aliphatic heterocycles. The second kappa shape index (κ2) is 6.62. The van der Waals surface area contributed by atoms with Crippen LogP contribution in [-0.2, 0) is 19.3 Å². The SMILES string of the molecule is CC(C)O[C@H]1C[C@@H](C)C=C(CS(=O)(=O)c2ccccc2)O1. The Balaban J connectivity index is 2.11. The summed E-state index contributed by atoms with van der Waals surface area (Å²) >= 11 is 0. The summed E-state index contributed by atoms with van der Waals surface area (Å²) in [5, 5.41) is 0. The zero-order valence-corrected chi connectivity index (χ0v) is 13.5. The lowest BCUT2D eigenvalue weighted by molar-refractivity contribution is -0.153. The van der Waals surface area contributed by atoms with Gasteiger partial charge in [0.25, 0.3) is 0 Å². The van der Waals surface area contributed by atoms with Crippen LogP contribution in [0.15, 0.2) is 47.1 Å². The zero-order chi connectivity index (χ0) is 15.5. The Kier molecular flexibility index (Phi) is 5.06. The average Bonchev–Trinajstić information content (AvgIpc) is 2.37. The monoisotopic (exact) mass is 310 g/mol. The van der Waals surface area contributed by atoms with Gasteiger partial charge in [-0.2, -0.15) is 0 Å². The van der Waals surface area contributed by atoms with Gasteiger partial charge in [0.2, 0.25) is 0 Å². The first-order chi connectivity index (χ1) is 9.87. The maximum atomic E-state index is 12.4. The summed E-state index contributed by atoms with van der Waals surface area (Å²) in [7, 11) is -3.38. The van der Waals surface area contributed by atoms with E-state index in [0.29, 0.717) is 10.7 Å². The highest BCUT2D eigenvalue weighted by molar-refractivity contribution is 7.91. The molecule has 4 nitrogen and oxygen atoms in total. The van der Waals surface area contributed by atoms with Crippen LogP contribution in [0.4, 0.5) is 0 Å². The Morgan fingerprint density at radius 1 is 1.29 bits per heavy atom. The first kappa shape index (κ1) is 16.0. The normalized spacial score (nSPS) is 22.8. The fraction of sp³-hybridized carbons (Fsp3) is 0.500. The molecule has 0 bridgehead atoms. The van der Waals surface area contributed by atoms with Crippen LogP contribution in [0.1, 0.15) is 27.2 Å². The largest absolute Gasteiger partial charge is 0.468 e. The molecule has 0 saturated heterocycles. The summed E-state index contributed by atoms with van der Waals surface area (Å²) in [5.41, 5.74) is 0. The van der Waals surface area contributed by atoms with Crippen LogP contribution in [0.3, 0.4) is 0 Å². The molecule has 0 spiro atoms. The van der Waals surface area contributed by atoms with Crippen molar-refractivity contribution in [3.63, 3.8) is 0 Å². The topological polar surface area (TPSA) is 52.6 Å². The van der Waals surface area contributed by atoms with E-state index in [-0.39, 0.29) is 24.1 Å². The predicted octanol–water partition coefficient (Wildman–Crippen LogP) is 3.15. The molecule has 2 atom stereocenters. The van der Waals surface area contributed by atoms with Crippen molar-refractivity contribution in [1.29, 1.82) is 0 Å². The van der Waals surface area contributed by atoms with Crippen molar-refractivity contribution in [1.82, 2.24) is 0 Å². The first-order valence-electron chi connectivity index (χ1n) is 7.17. The van der Waals surface area contributed by atoms with Gasteiger partial charge in [0.05, 0.1) is 11.0 Å². The molecule has 1 aromatic carbocycles. The molecule has 0 amide bonds. The van der Waals surface area contributed by atoms with Crippen molar-refractivity contribution in [2.45, 2.75) is 44.5 Å². The maximum Gasteiger partial charge on any atom is 0.200 e. The highest BCUT2D eigenvalue weighted by atomic mass is 32.2. The molecule has 0 unspecified atom stereocenters. The molecule has 0 N–H and O–H groups in total. The van der Waals surface area contributed by atoms with E-state index >= 15 is 0 Å². The molecule has 0 aromatic heterocycles. The van der Waals surface area contributed by atoms with Crippen molar-refractivity contribution in [2.75, 3.05) is 5.75 Å². The second-order valence-corrected chi connectivity index (χ2v) is 7.64. The lowest BCUT2D eigenvalue weighted by Crippen LogP contribution is -2.28. The minimum Gasteiger partial charge on any atom is -0.468 e. The fourth-order valence-corrected chi connectivity index (χ4v) is 3.59. The first-order valence-corrected chi connectivity index (χ1v) is 8.82. The van der Waals surface area contributed by atoms with Crippen LogP contribution < -0.4 is 0 Å². The molecule has 0 aliphatic carbocycles. The summed E-state index contributed by atoms with van der Waals surface area (Å²) in [6, 6.07) is 8.44. The van der Waals surface area contributed by atoms with E-state index in [0.717, 1.165) is 6.42 Å². The number of sulfone groups is 1. The minimum atomic E-state index is -3.38. The lowest BCUT2D eigenvalue weighted by atomic mass is 10.0. The number of hydrogen-bond acceptors (Lipinski definition) is 4. The van der Waals surface area contributed by atoms with Crippen molar-refractivity contribution in [3.05, 3.63) is 42.2 Å². The second-order valence-electron chi connectivity index (χ2n) is 5.65. The third-order valence-electron chi connectivity index (χ3n) is 3.18. The summed E-state index contributed by atoms with van der Waals surface area (Å²) in [6.45, 7) is 5.91. The molecule has 5 heteroatoms. The van der Waals surface area contributed by atoms with Gasteiger partial charge < -0.3 is 9.47 Å². The van der Waals surface area contributed by atoms with Gasteiger partial charge in [0.1, 0.15) is 11.5 Å². The quantitative estimate of drug-likeness (QED) is 0.838. The van der Waals surface area contributed by atoms with Gasteiger partial charge in [-0.05, 0) is 38.0 Å². The molecule has 2 rings (SSSR count). The van der Waals surface area contributed by atoms with Gasteiger partial charge in [0, 0.05) is 6.42 Å². The molecule has 1 aromatic rings. The van der Waals surface area contributed by atoms with Gasteiger partial charge in [-0.1, -0.05) is 25.1 Å². The summed E-state index contributed by atoms with van der Waals surface area (Å²) in [5.74, 6) is 0.589. The molecule has 1 heterocycles. The van der Waals surface area contributed by atoms with Crippen LogP contribution in [0.25, 0.3) is 0 Å². The van der Waals surface area contributed by atoms with E-state index < -0.39 is 9.84 Å². The van der Waals surface area contributed by atoms with Crippen molar-refractivity contribution in [2.24, 2.45) is 5.92 Å². The van der Waals surface area contributed by atoms with Gasteiger partial charge in [0.15, 0.2) is 16.1 Å². The third-order valence-corrected chi connectivity index (χ3v) is 4.83. The molecule has 0 saturated carbocycles. The number of ether oxygens (including phenoxy) is 2. The fourth-order valence-electron chi connectivity index (χ4n) is 2.31. The van der Waals surface area contributed by atoms with E-state index in [9.17, 15) is 8.42 Å². The van der Waals surface area contributed by atoms with E-state index in [1.165, 1.54) is 0 Å². The highest BCUT2D eigenvalue weighted by Crippen LogP contribution is 2.26. The molecule has 0 fully saturated rings. The van der Waals surface area contributed by atoms with Crippen molar-refractivity contribution >= 4 is 9.84 Å². The molecule has 21 heavy (non-hydrogen) atoms. The predicted molar refractivity (Wildman–Crippen MR) is 81.5 cm³/mol. The Morgan fingerprint density at radius 2 is 1.95 bits per heavy atom. The lowest BCUT2D eigenvalue weighted by Gasteiger charge is -2.29. The average molecular weight is 310 g/mol. The van der Waals surface area contributed by atoms with Crippen molar-refractivity contribution in [3.8, 4) is 0 Å². The summed E-state index contributed by atoms with van der Waals surface area (Å²) in [6.07, 6.45) is 2.30. The minimum absolute atomic E-state index is 0.0484. The van der Waals surface area contributed by atoms with Gasteiger partial charge in [-0.25, -0.2) is 8.42 Å². The summed E-state index contributed by atoms with van der Waals surface area (Å²) < 4.78 is 36.1. The van der Waals surface area contributed by atoms with Crippen molar-refractivity contribution < 1.29 is 17.9 Å². The maximum absolute atomic E-state index is 12.4. The Hall–Kier alpha value is -1.33. The Morgan fingerprint density at radius 3 is 2.57 bits per heavy atom. The van der Waals surface area contributed by atoms with Crippen LogP contribution in [0.2, 0.25) is 0 Å². The highest BCUT2D eigenvalue weighted by Gasteiger charge is 2.26. The molecular weight excluding hydrogens is 288 g/mol. The molecule has 0 radical (unpaired) electrons. The van der Waals surface area contributed by atoms with Gasteiger partial charge in [-0.3, -0.25) is 0 Å². The molecular formula is C16H22O4S. The number of allylic oxidation sites excluding steroid dienone is 1. The number of benzene rings is 1.